The maximum atomic E-state index is 13.3. The zero-order chi connectivity index (χ0) is 20.0. The number of hydrogen-bond acceptors (Lipinski definition) is 5. The minimum atomic E-state index is -0.316. The summed E-state index contributed by atoms with van der Waals surface area (Å²) in [6.07, 6.45) is 5.08. The summed E-state index contributed by atoms with van der Waals surface area (Å²) in [7, 11) is 0. The number of amides is 3. The van der Waals surface area contributed by atoms with E-state index in [2.05, 4.69) is 5.32 Å². The van der Waals surface area contributed by atoms with Crippen molar-refractivity contribution in [2.45, 2.75) is 45.4 Å². The third kappa shape index (κ3) is 4.77. The Kier molecular flexibility index (Phi) is 7.15. The molecule has 3 rings (SSSR count). The molecule has 0 aromatic rings. The average Bonchev–Trinajstić information content (AvgIpc) is 3.07. The van der Waals surface area contributed by atoms with Gasteiger partial charge in [-0.1, -0.05) is 0 Å². The molecule has 1 unspecified atom stereocenters. The van der Waals surface area contributed by atoms with Crippen LogP contribution in [0.4, 0.5) is 4.79 Å². The van der Waals surface area contributed by atoms with E-state index < -0.39 is 0 Å². The maximum Gasteiger partial charge on any atom is 0.317 e. The highest BCUT2D eigenvalue weighted by atomic mass is 16.5. The van der Waals surface area contributed by atoms with Gasteiger partial charge in [0.1, 0.15) is 0 Å². The molecule has 0 saturated carbocycles. The van der Waals surface area contributed by atoms with Crippen LogP contribution in [-0.2, 0) is 19.1 Å². The van der Waals surface area contributed by atoms with Crippen LogP contribution in [-0.4, -0.2) is 80.3 Å². The third-order valence-electron chi connectivity index (χ3n) is 6.30. The lowest BCUT2D eigenvalue weighted by Gasteiger charge is -2.39. The van der Waals surface area contributed by atoms with E-state index >= 15 is 0 Å². The second-order valence-electron chi connectivity index (χ2n) is 8.08. The predicted molar refractivity (Wildman–Crippen MR) is 103 cm³/mol. The van der Waals surface area contributed by atoms with E-state index in [0.29, 0.717) is 32.9 Å². The smallest absolute Gasteiger partial charge is 0.317 e. The van der Waals surface area contributed by atoms with Gasteiger partial charge >= 0.3 is 12.0 Å². The van der Waals surface area contributed by atoms with Crippen molar-refractivity contribution in [1.82, 2.24) is 15.1 Å². The summed E-state index contributed by atoms with van der Waals surface area (Å²) >= 11 is 0. The van der Waals surface area contributed by atoms with Gasteiger partial charge in [-0.2, -0.15) is 0 Å². The SMILES string of the molecule is CCOC(=O)CCNC(=O)N1CC(C(=O)N2CCCCC2)C2(CCOCC2)C1. The van der Waals surface area contributed by atoms with Gasteiger partial charge in [0.15, 0.2) is 0 Å². The topological polar surface area (TPSA) is 88.2 Å². The van der Waals surface area contributed by atoms with Crippen LogP contribution in [0.5, 0.6) is 0 Å². The van der Waals surface area contributed by atoms with Crippen molar-refractivity contribution < 1.29 is 23.9 Å². The molecule has 0 aromatic heterocycles. The lowest BCUT2D eigenvalue weighted by molar-refractivity contribution is -0.143. The van der Waals surface area contributed by atoms with Crippen LogP contribution in [0.1, 0.15) is 45.4 Å². The summed E-state index contributed by atoms with van der Waals surface area (Å²) in [5.41, 5.74) is -0.189. The molecule has 3 aliphatic rings. The fourth-order valence-corrected chi connectivity index (χ4v) is 4.70. The molecule has 0 aromatic carbocycles. The van der Waals surface area contributed by atoms with E-state index in [9.17, 15) is 14.4 Å². The summed E-state index contributed by atoms with van der Waals surface area (Å²) in [4.78, 5) is 41.1. The van der Waals surface area contributed by atoms with Crippen LogP contribution in [0.15, 0.2) is 0 Å². The molecule has 3 amide bonds. The molecule has 158 valence electrons. The molecule has 8 heteroatoms. The number of hydrogen-bond donors (Lipinski definition) is 1. The average molecular weight is 396 g/mol. The van der Waals surface area contributed by atoms with Crippen molar-refractivity contribution in [3.05, 3.63) is 0 Å². The molecular weight excluding hydrogens is 362 g/mol. The molecule has 3 heterocycles. The lowest BCUT2D eigenvalue weighted by atomic mass is 9.71. The van der Waals surface area contributed by atoms with Crippen molar-refractivity contribution >= 4 is 17.9 Å². The van der Waals surface area contributed by atoms with Gasteiger partial charge < -0.3 is 24.6 Å². The molecule has 0 bridgehead atoms. The van der Waals surface area contributed by atoms with Gasteiger partial charge in [0, 0.05) is 51.4 Å². The Morgan fingerprint density at radius 1 is 1.11 bits per heavy atom. The number of ether oxygens (including phenoxy) is 2. The normalized spacial score (nSPS) is 24.2. The van der Waals surface area contributed by atoms with E-state index in [0.717, 1.165) is 38.8 Å². The predicted octanol–water partition coefficient (Wildman–Crippen LogP) is 1.39. The van der Waals surface area contributed by atoms with Crippen LogP contribution >= 0.6 is 0 Å². The molecule has 1 N–H and O–H groups in total. The number of nitrogens with one attached hydrogen (secondary N) is 1. The molecule has 8 nitrogen and oxygen atoms in total. The van der Waals surface area contributed by atoms with Crippen LogP contribution in [0.3, 0.4) is 0 Å². The Bertz CT molecular complexity index is 570. The number of nitrogens with zero attached hydrogens (tertiary/aromatic N) is 2. The van der Waals surface area contributed by atoms with Crippen molar-refractivity contribution in [2.75, 3.05) is 52.5 Å². The third-order valence-corrected chi connectivity index (χ3v) is 6.30. The minimum absolute atomic E-state index is 0.155. The Balaban J connectivity index is 1.62. The number of carbonyl (C=O) groups is 3. The first-order valence-corrected chi connectivity index (χ1v) is 10.6. The summed E-state index contributed by atoms with van der Waals surface area (Å²) in [6, 6.07) is -0.205. The van der Waals surface area contributed by atoms with E-state index in [1.165, 1.54) is 6.42 Å². The van der Waals surface area contributed by atoms with Crippen LogP contribution < -0.4 is 5.32 Å². The molecule has 1 spiro atoms. The fourth-order valence-electron chi connectivity index (χ4n) is 4.70. The van der Waals surface area contributed by atoms with E-state index in [4.69, 9.17) is 9.47 Å². The van der Waals surface area contributed by atoms with Gasteiger partial charge in [-0.05, 0) is 39.0 Å². The highest BCUT2D eigenvalue weighted by Gasteiger charge is 2.52. The molecule has 28 heavy (non-hydrogen) atoms. The van der Waals surface area contributed by atoms with Crippen molar-refractivity contribution in [1.29, 1.82) is 0 Å². The quantitative estimate of drug-likeness (QED) is 0.711. The summed E-state index contributed by atoms with van der Waals surface area (Å²) in [5, 5.41) is 2.80. The van der Waals surface area contributed by atoms with Gasteiger partial charge in [0.25, 0.3) is 0 Å². The zero-order valence-corrected chi connectivity index (χ0v) is 16.9. The van der Waals surface area contributed by atoms with Gasteiger partial charge in [0.05, 0.1) is 18.9 Å². The first-order chi connectivity index (χ1) is 13.6. The number of likely N-dealkylation sites (tertiary alicyclic amines) is 2. The van der Waals surface area contributed by atoms with Gasteiger partial charge in [-0.15, -0.1) is 0 Å². The van der Waals surface area contributed by atoms with Crippen molar-refractivity contribution in [3.63, 3.8) is 0 Å². The summed E-state index contributed by atoms with van der Waals surface area (Å²) < 4.78 is 10.4. The monoisotopic (exact) mass is 395 g/mol. The van der Waals surface area contributed by atoms with E-state index in [-0.39, 0.29) is 42.2 Å². The molecule has 0 aliphatic carbocycles. The first kappa shape index (κ1) is 20.9. The van der Waals surface area contributed by atoms with Gasteiger partial charge in [-0.25, -0.2) is 4.79 Å². The molecule has 0 radical (unpaired) electrons. The van der Waals surface area contributed by atoms with E-state index in [1.54, 1.807) is 11.8 Å². The molecule has 3 saturated heterocycles. The maximum absolute atomic E-state index is 13.3. The number of carbonyl (C=O) groups excluding carboxylic acids is 3. The van der Waals surface area contributed by atoms with Crippen molar-refractivity contribution in [2.24, 2.45) is 11.3 Å². The summed E-state index contributed by atoms with van der Waals surface area (Å²) in [5.74, 6) is -0.281. The van der Waals surface area contributed by atoms with E-state index in [1.807, 2.05) is 4.90 Å². The first-order valence-electron chi connectivity index (χ1n) is 10.6. The number of urea groups is 1. The lowest BCUT2D eigenvalue weighted by Crippen LogP contribution is -2.47. The Hall–Kier alpha value is -1.83. The van der Waals surface area contributed by atoms with Crippen LogP contribution in [0.2, 0.25) is 0 Å². The van der Waals surface area contributed by atoms with Gasteiger partial charge in [0.2, 0.25) is 5.91 Å². The number of esters is 1. The Morgan fingerprint density at radius 2 is 1.82 bits per heavy atom. The molecule has 3 aliphatic heterocycles. The molecular formula is C20H33N3O5. The highest BCUT2D eigenvalue weighted by molar-refractivity contribution is 5.83. The Morgan fingerprint density at radius 3 is 2.50 bits per heavy atom. The fraction of sp³-hybridized carbons (Fsp3) is 0.850. The van der Waals surface area contributed by atoms with Crippen LogP contribution in [0.25, 0.3) is 0 Å². The molecule has 1 atom stereocenters. The number of rotatable bonds is 5. The summed E-state index contributed by atoms with van der Waals surface area (Å²) in [6.45, 7) is 6.30. The molecule has 3 fully saturated rings. The second-order valence-corrected chi connectivity index (χ2v) is 8.08. The van der Waals surface area contributed by atoms with Gasteiger partial charge in [-0.3, -0.25) is 9.59 Å². The standard InChI is InChI=1S/C20H33N3O5/c1-2-28-17(24)6-9-21-19(26)23-14-16(18(25)22-10-4-3-5-11-22)20(15-23)7-12-27-13-8-20/h16H,2-15H2,1H3,(H,21,26). The second kappa shape index (κ2) is 9.58. The minimum Gasteiger partial charge on any atom is -0.466 e. The Labute approximate surface area is 166 Å². The van der Waals surface area contributed by atoms with Crippen molar-refractivity contribution in [3.8, 4) is 0 Å². The largest absolute Gasteiger partial charge is 0.466 e. The highest BCUT2D eigenvalue weighted by Crippen LogP contribution is 2.45. The van der Waals surface area contributed by atoms with Crippen LogP contribution in [0, 0.1) is 11.3 Å². The zero-order valence-electron chi connectivity index (χ0n) is 16.9. The number of piperidine rings is 1.